The minimum Gasteiger partial charge on any atom is -0.385 e. The van der Waals surface area contributed by atoms with Crippen molar-refractivity contribution in [1.29, 1.82) is 0 Å². The van der Waals surface area contributed by atoms with Crippen LogP contribution in [0.1, 0.15) is 12.5 Å². The fourth-order valence-corrected chi connectivity index (χ4v) is 1.78. The average molecular weight is 186 g/mol. The topological polar surface area (TPSA) is 30.9 Å². The first kappa shape index (κ1) is 8.88. The maximum Gasteiger partial charge on any atom is 0.111 e. The number of benzene rings is 1. The number of anilines is 1. The van der Waals surface area contributed by atoms with Gasteiger partial charge in [0.2, 0.25) is 0 Å². The van der Waals surface area contributed by atoms with Crippen molar-refractivity contribution in [1.82, 2.24) is 4.57 Å². The number of aryl methyl sites for hydroxylation is 1. The molecule has 0 spiro atoms. The monoisotopic (exact) mass is 186 g/mol. The Morgan fingerprint density at radius 1 is 1.29 bits per heavy atom. The van der Waals surface area contributed by atoms with Gasteiger partial charge in [-0.3, -0.25) is 0 Å². The highest BCUT2D eigenvalue weighted by Gasteiger charge is 2.08. The summed E-state index contributed by atoms with van der Waals surface area (Å²) in [5.74, 6) is 0.823. The van der Waals surface area contributed by atoms with Crippen LogP contribution < -0.4 is 5.73 Å². The lowest BCUT2D eigenvalue weighted by Gasteiger charge is -1.97. The van der Waals surface area contributed by atoms with Gasteiger partial charge in [-0.1, -0.05) is 30.4 Å². The van der Waals surface area contributed by atoms with Gasteiger partial charge in [0, 0.05) is 23.5 Å². The van der Waals surface area contributed by atoms with E-state index in [1.165, 1.54) is 10.9 Å². The average Bonchev–Trinajstić information content (AvgIpc) is 2.45. The second-order valence-electron chi connectivity index (χ2n) is 3.38. The fourth-order valence-electron chi connectivity index (χ4n) is 1.78. The van der Waals surface area contributed by atoms with Crippen molar-refractivity contribution in [3.8, 4) is 0 Å². The van der Waals surface area contributed by atoms with Crippen LogP contribution >= 0.6 is 0 Å². The predicted octanol–water partition coefficient (Wildman–Crippen LogP) is 2.79. The standard InChI is InChI=1S/C12H14N2/c1-3-6-10-9-7-4-5-8-11(9)14(2)12(10)13/h3-8H,13H2,1-2H3/b6-3-. The van der Waals surface area contributed by atoms with Crippen LogP contribution in [0.15, 0.2) is 30.3 Å². The van der Waals surface area contributed by atoms with E-state index in [1.807, 2.05) is 36.7 Å². The molecule has 1 aromatic carbocycles. The van der Waals surface area contributed by atoms with E-state index in [2.05, 4.69) is 18.2 Å². The highest BCUT2D eigenvalue weighted by Crippen LogP contribution is 2.27. The third kappa shape index (κ3) is 1.11. The van der Waals surface area contributed by atoms with E-state index in [1.54, 1.807) is 0 Å². The number of hydrogen-bond acceptors (Lipinski definition) is 1. The number of allylic oxidation sites excluding steroid dienone is 1. The van der Waals surface area contributed by atoms with Crippen LogP contribution in [-0.2, 0) is 7.05 Å². The van der Waals surface area contributed by atoms with Gasteiger partial charge in [0.25, 0.3) is 0 Å². The number of hydrogen-bond donors (Lipinski definition) is 1. The van der Waals surface area contributed by atoms with Gasteiger partial charge < -0.3 is 10.3 Å². The number of rotatable bonds is 1. The molecule has 1 heterocycles. The third-order valence-electron chi connectivity index (χ3n) is 2.53. The first-order valence-electron chi connectivity index (χ1n) is 4.71. The van der Waals surface area contributed by atoms with Gasteiger partial charge in [0.15, 0.2) is 0 Å². The number of para-hydroxylation sites is 1. The lowest BCUT2D eigenvalue weighted by molar-refractivity contribution is 0.982. The van der Waals surface area contributed by atoms with Crippen LogP contribution in [0.25, 0.3) is 17.0 Å². The molecule has 0 fully saturated rings. The summed E-state index contributed by atoms with van der Waals surface area (Å²) in [5.41, 5.74) is 8.31. The molecule has 2 nitrogen and oxygen atoms in total. The first-order valence-corrected chi connectivity index (χ1v) is 4.71. The molecule has 0 aliphatic heterocycles. The second-order valence-corrected chi connectivity index (χ2v) is 3.38. The zero-order chi connectivity index (χ0) is 10.1. The van der Waals surface area contributed by atoms with E-state index in [4.69, 9.17) is 5.73 Å². The zero-order valence-corrected chi connectivity index (χ0v) is 8.49. The van der Waals surface area contributed by atoms with Gasteiger partial charge in [-0.25, -0.2) is 0 Å². The van der Waals surface area contributed by atoms with E-state index in [0.717, 1.165) is 11.4 Å². The Morgan fingerprint density at radius 3 is 2.71 bits per heavy atom. The van der Waals surface area contributed by atoms with E-state index in [0.29, 0.717) is 0 Å². The van der Waals surface area contributed by atoms with Crippen LogP contribution in [0.3, 0.4) is 0 Å². The lowest BCUT2D eigenvalue weighted by Crippen LogP contribution is -1.96. The van der Waals surface area contributed by atoms with E-state index >= 15 is 0 Å². The summed E-state index contributed by atoms with van der Waals surface area (Å²) in [6.07, 6.45) is 4.07. The Bertz CT molecular complexity index is 492. The third-order valence-corrected chi connectivity index (χ3v) is 2.53. The molecule has 0 atom stereocenters. The molecule has 14 heavy (non-hydrogen) atoms. The molecule has 2 N–H and O–H groups in total. The summed E-state index contributed by atoms with van der Waals surface area (Å²) in [5, 5.41) is 1.21. The van der Waals surface area contributed by atoms with Crippen molar-refractivity contribution >= 4 is 22.8 Å². The molecule has 2 rings (SSSR count). The van der Waals surface area contributed by atoms with Crippen molar-refractivity contribution in [3.05, 3.63) is 35.9 Å². The first-order chi connectivity index (χ1) is 6.75. The molecule has 0 amide bonds. The largest absolute Gasteiger partial charge is 0.385 e. The summed E-state index contributed by atoms with van der Waals surface area (Å²) in [4.78, 5) is 0. The highest BCUT2D eigenvalue weighted by molar-refractivity contribution is 5.95. The molecule has 0 aliphatic carbocycles. The quantitative estimate of drug-likeness (QED) is 0.729. The fraction of sp³-hybridized carbons (Fsp3) is 0.167. The summed E-state index contributed by atoms with van der Waals surface area (Å²) in [6.45, 7) is 2.00. The minimum atomic E-state index is 0.823. The molecule has 1 aromatic heterocycles. The molecule has 0 radical (unpaired) electrons. The van der Waals surface area contributed by atoms with Crippen LogP contribution in [0, 0.1) is 0 Å². The number of aromatic nitrogens is 1. The van der Waals surface area contributed by atoms with E-state index in [-0.39, 0.29) is 0 Å². The summed E-state index contributed by atoms with van der Waals surface area (Å²) < 4.78 is 2.02. The molecule has 0 unspecified atom stereocenters. The van der Waals surface area contributed by atoms with Crippen molar-refractivity contribution in [2.45, 2.75) is 6.92 Å². The molecule has 2 heteroatoms. The van der Waals surface area contributed by atoms with Crippen molar-refractivity contribution in [3.63, 3.8) is 0 Å². The number of nitrogens with zero attached hydrogens (tertiary/aromatic N) is 1. The molecular weight excluding hydrogens is 172 g/mol. The summed E-state index contributed by atoms with van der Waals surface area (Å²) in [6, 6.07) is 8.25. The summed E-state index contributed by atoms with van der Waals surface area (Å²) in [7, 11) is 1.99. The molecular formula is C12H14N2. The SMILES string of the molecule is C/C=C\c1c(N)n(C)c2ccccc12. The van der Waals surface area contributed by atoms with E-state index < -0.39 is 0 Å². The van der Waals surface area contributed by atoms with Crippen LogP contribution in [0.5, 0.6) is 0 Å². The van der Waals surface area contributed by atoms with Gasteiger partial charge in [0.1, 0.15) is 5.82 Å². The van der Waals surface area contributed by atoms with Crippen molar-refractivity contribution in [2.24, 2.45) is 7.05 Å². The van der Waals surface area contributed by atoms with Crippen LogP contribution in [0.2, 0.25) is 0 Å². The Kier molecular flexibility index (Phi) is 2.04. The highest BCUT2D eigenvalue weighted by atomic mass is 15.0. The normalized spacial score (nSPS) is 11.6. The smallest absolute Gasteiger partial charge is 0.111 e. The minimum absolute atomic E-state index is 0.823. The van der Waals surface area contributed by atoms with Crippen LogP contribution in [-0.4, -0.2) is 4.57 Å². The van der Waals surface area contributed by atoms with Gasteiger partial charge in [-0.2, -0.15) is 0 Å². The Balaban J connectivity index is 2.87. The Hall–Kier alpha value is -1.70. The number of nitrogen functional groups attached to an aromatic ring is 1. The molecule has 0 bridgehead atoms. The summed E-state index contributed by atoms with van der Waals surface area (Å²) >= 11 is 0. The lowest BCUT2D eigenvalue weighted by atomic mass is 10.1. The molecule has 0 aliphatic rings. The van der Waals surface area contributed by atoms with Crippen LogP contribution in [0.4, 0.5) is 5.82 Å². The van der Waals surface area contributed by atoms with Crippen molar-refractivity contribution in [2.75, 3.05) is 5.73 Å². The van der Waals surface area contributed by atoms with Gasteiger partial charge in [0.05, 0.1) is 0 Å². The van der Waals surface area contributed by atoms with Gasteiger partial charge in [-0.05, 0) is 13.0 Å². The van der Waals surface area contributed by atoms with E-state index in [9.17, 15) is 0 Å². The second kappa shape index (κ2) is 3.22. The molecule has 0 saturated heterocycles. The van der Waals surface area contributed by atoms with Gasteiger partial charge >= 0.3 is 0 Å². The maximum atomic E-state index is 6.01. The Labute approximate surface area is 83.6 Å². The molecule has 72 valence electrons. The number of fused-ring (bicyclic) bond motifs is 1. The number of nitrogens with two attached hydrogens (primary N) is 1. The van der Waals surface area contributed by atoms with Gasteiger partial charge in [-0.15, -0.1) is 0 Å². The zero-order valence-electron chi connectivity index (χ0n) is 8.49. The van der Waals surface area contributed by atoms with Crippen molar-refractivity contribution < 1.29 is 0 Å². The molecule has 0 saturated carbocycles. The molecule has 2 aromatic rings. The maximum absolute atomic E-state index is 6.01. The predicted molar refractivity (Wildman–Crippen MR) is 62.0 cm³/mol. The Morgan fingerprint density at radius 2 is 2.00 bits per heavy atom.